The first kappa shape index (κ1) is 16.9. The number of amidine groups is 1. The summed E-state index contributed by atoms with van der Waals surface area (Å²) in [7, 11) is 3.24. The van der Waals surface area contributed by atoms with Gasteiger partial charge in [-0.3, -0.25) is 0 Å². The molecule has 5 nitrogen and oxygen atoms in total. The molecule has 5 heteroatoms. The minimum Gasteiger partial charge on any atom is -0.493 e. The molecule has 0 saturated carbocycles. The van der Waals surface area contributed by atoms with Crippen molar-refractivity contribution in [2.45, 2.75) is 25.0 Å². The molecular formula is C21H25N2O3+. The van der Waals surface area contributed by atoms with Crippen LogP contribution in [0.2, 0.25) is 0 Å². The monoisotopic (exact) mass is 353 g/mol. The molecule has 2 aromatic rings. The van der Waals surface area contributed by atoms with Crippen molar-refractivity contribution < 1.29 is 19.2 Å². The van der Waals surface area contributed by atoms with E-state index in [1.165, 1.54) is 5.84 Å². The normalized spacial score (nSPS) is 22.3. The molecule has 2 aliphatic heterocycles. The predicted molar refractivity (Wildman–Crippen MR) is 101 cm³/mol. The van der Waals surface area contributed by atoms with Crippen molar-refractivity contribution in [3.8, 4) is 11.5 Å². The molecule has 136 valence electrons. The van der Waals surface area contributed by atoms with Gasteiger partial charge < -0.3 is 14.6 Å². The number of aliphatic hydroxyl groups is 1. The number of ether oxygens (including phenoxy) is 2. The summed E-state index contributed by atoms with van der Waals surface area (Å²) in [5.41, 5.74) is 0.865. The van der Waals surface area contributed by atoms with Crippen LogP contribution in [0.5, 0.6) is 11.5 Å². The first-order valence-corrected chi connectivity index (χ1v) is 9.08. The molecule has 2 heterocycles. The molecule has 0 unspecified atom stereocenters. The number of benzene rings is 2. The second kappa shape index (κ2) is 6.65. The molecule has 0 aliphatic carbocycles. The number of hydrogen-bond donors (Lipinski definition) is 1. The second-order valence-electron chi connectivity index (χ2n) is 6.83. The summed E-state index contributed by atoms with van der Waals surface area (Å²) in [6.45, 7) is 1.35. The fourth-order valence-corrected chi connectivity index (χ4v) is 4.07. The number of hydrogen-bond acceptors (Lipinski definition) is 4. The molecule has 1 atom stereocenters. The van der Waals surface area contributed by atoms with Crippen molar-refractivity contribution in [3.05, 3.63) is 54.1 Å². The van der Waals surface area contributed by atoms with E-state index in [0.717, 1.165) is 37.1 Å². The van der Waals surface area contributed by atoms with Crippen molar-refractivity contribution in [2.75, 3.05) is 32.2 Å². The maximum absolute atomic E-state index is 11.7. The molecule has 2 aromatic carbocycles. The molecule has 0 radical (unpaired) electrons. The van der Waals surface area contributed by atoms with Crippen LogP contribution < -0.4 is 14.4 Å². The van der Waals surface area contributed by atoms with Crippen LogP contribution in [-0.2, 0) is 5.72 Å². The zero-order valence-corrected chi connectivity index (χ0v) is 15.3. The highest BCUT2D eigenvalue weighted by atomic mass is 16.5. The Bertz CT molecular complexity index is 834. The third-order valence-electron chi connectivity index (χ3n) is 5.39. The molecule has 1 N–H and O–H groups in total. The fourth-order valence-electron chi connectivity index (χ4n) is 4.07. The fraction of sp³-hybridized carbons (Fsp3) is 0.381. The van der Waals surface area contributed by atoms with Gasteiger partial charge in [-0.2, -0.15) is 0 Å². The van der Waals surface area contributed by atoms with E-state index in [1.807, 2.05) is 36.4 Å². The summed E-state index contributed by atoms with van der Waals surface area (Å²) in [5, 5.41) is 11.7. The van der Waals surface area contributed by atoms with E-state index in [-0.39, 0.29) is 0 Å². The van der Waals surface area contributed by atoms with Gasteiger partial charge in [-0.25, -0.2) is 9.48 Å². The molecule has 0 saturated heterocycles. The Kier molecular flexibility index (Phi) is 4.32. The predicted octanol–water partition coefficient (Wildman–Crippen LogP) is 2.96. The maximum atomic E-state index is 11.7. The zero-order valence-electron chi connectivity index (χ0n) is 15.3. The Morgan fingerprint density at radius 1 is 1.00 bits per heavy atom. The van der Waals surface area contributed by atoms with Gasteiger partial charge in [0.25, 0.3) is 11.6 Å². The number of nitrogens with zero attached hydrogens (tertiary/aromatic N) is 2. The van der Waals surface area contributed by atoms with Crippen molar-refractivity contribution >= 4 is 11.5 Å². The van der Waals surface area contributed by atoms with Crippen molar-refractivity contribution in [1.29, 1.82) is 0 Å². The van der Waals surface area contributed by atoms with Crippen LogP contribution in [0.3, 0.4) is 0 Å². The van der Waals surface area contributed by atoms with Crippen molar-refractivity contribution in [1.82, 2.24) is 0 Å². The lowest BCUT2D eigenvalue weighted by molar-refractivity contribution is -0.661. The molecule has 0 bridgehead atoms. The lowest BCUT2D eigenvalue weighted by Gasteiger charge is -2.25. The Hall–Kier alpha value is -2.53. The molecule has 26 heavy (non-hydrogen) atoms. The van der Waals surface area contributed by atoms with Gasteiger partial charge in [0.2, 0.25) is 0 Å². The standard InChI is InChI=1S/C21H25N2O3/c1-25-18-12-11-16(14-19(18)26-2)21(24)15-22(17-8-4-3-5-9-17)20-10-6-7-13-23(20)21/h3-5,8-9,11-12,14,24H,6-7,10,13,15H2,1-2H3/q+1/t21-/m0/s1. The lowest BCUT2D eigenvalue weighted by atomic mass is 10.0. The van der Waals surface area contributed by atoms with Gasteiger partial charge in [0.05, 0.1) is 20.8 Å². The van der Waals surface area contributed by atoms with Crippen LogP contribution in [-0.4, -0.2) is 42.8 Å². The molecule has 2 aliphatic rings. The topological polar surface area (TPSA) is 44.9 Å². The number of rotatable bonds is 4. The van der Waals surface area contributed by atoms with Crippen LogP contribution in [0.1, 0.15) is 24.8 Å². The third kappa shape index (κ3) is 2.63. The summed E-state index contributed by atoms with van der Waals surface area (Å²) < 4.78 is 13.0. The van der Waals surface area contributed by atoms with Crippen LogP contribution in [0, 0.1) is 0 Å². The average molecular weight is 353 g/mol. The quantitative estimate of drug-likeness (QED) is 0.859. The Balaban J connectivity index is 1.79. The summed E-state index contributed by atoms with van der Waals surface area (Å²) in [6, 6.07) is 16.0. The largest absolute Gasteiger partial charge is 0.493 e. The van der Waals surface area contributed by atoms with Gasteiger partial charge in [0.15, 0.2) is 18.0 Å². The van der Waals surface area contributed by atoms with Crippen LogP contribution in [0.4, 0.5) is 5.69 Å². The van der Waals surface area contributed by atoms with Gasteiger partial charge >= 0.3 is 0 Å². The van der Waals surface area contributed by atoms with Gasteiger partial charge in [-0.15, -0.1) is 0 Å². The summed E-state index contributed by atoms with van der Waals surface area (Å²) in [4.78, 5) is 2.25. The number of para-hydroxylation sites is 1. The summed E-state index contributed by atoms with van der Waals surface area (Å²) >= 11 is 0. The first-order chi connectivity index (χ1) is 12.7. The van der Waals surface area contributed by atoms with Crippen molar-refractivity contribution in [3.63, 3.8) is 0 Å². The van der Waals surface area contributed by atoms with E-state index >= 15 is 0 Å². The average Bonchev–Trinajstić information content (AvgIpc) is 3.02. The van der Waals surface area contributed by atoms with Crippen molar-refractivity contribution in [2.24, 2.45) is 0 Å². The van der Waals surface area contributed by atoms with E-state index < -0.39 is 5.72 Å². The Labute approximate surface area is 154 Å². The molecule has 0 spiro atoms. The van der Waals surface area contributed by atoms with E-state index in [4.69, 9.17) is 9.47 Å². The molecule has 4 rings (SSSR count). The highest BCUT2D eigenvalue weighted by Crippen LogP contribution is 2.38. The van der Waals surface area contributed by atoms with Gasteiger partial charge in [-0.1, -0.05) is 18.2 Å². The van der Waals surface area contributed by atoms with E-state index in [9.17, 15) is 5.11 Å². The third-order valence-corrected chi connectivity index (χ3v) is 5.39. The molecule has 0 aromatic heterocycles. The first-order valence-electron chi connectivity index (χ1n) is 9.08. The zero-order chi connectivity index (χ0) is 18.1. The maximum Gasteiger partial charge on any atom is 0.271 e. The molecule has 0 fully saturated rings. The number of β-amino-alcohol motifs (C(OH)–C–C–N with tert-alkyl or cyclic N) is 1. The Morgan fingerprint density at radius 3 is 2.50 bits per heavy atom. The highest BCUT2D eigenvalue weighted by Gasteiger charge is 2.52. The summed E-state index contributed by atoms with van der Waals surface area (Å²) in [6.07, 6.45) is 3.21. The molecular weight excluding hydrogens is 328 g/mol. The van der Waals surface area contributed by atoms with Crippen LogP contribution >= 0.6 is 0 Å². The van der Waals surface area contributed by atoms with Gasteiger partial charge in [0.1, 0.15) is 5.69 Å². The second-order valence-corrected chi connectivity index (χ2v) is 6.83. The minimum absolute atomic E-state index is 0.502. The lowest BCUT2D eigenvalue weighted by Crippen LogP contribution is -2.41. The van der Waals surface area contributed by atoms with Gasteiger partial charge in [0, 0.05) is 12.0 Å². The van der Waals surface area contributed by atoms with Crippen LogP contribution in [0.25, 0.3) is 0 Å². The van der Waals surface area contributed by atoms with E-state index in [1.54, 1.807) is 14.2 Å². The van der Waals surface area contributed by atoms with Gasteiger partial charge in [-0.05, 0) is 43.2 Å². The Morgan fingerprint density at radius 2 is 1.77 bits per heavy atom. The van der Waals surface area contributed by atoms with E-state index in [2.05, 4.69) is 21.6 Å². The minimum atomic E-state index is -1.08. The summed E-state index contributed by atoms with van der Waals surface area (Å²) in [5.74, 6) is 2.50. The smallest absolute Gasteiger partial charge is 0.271 e. The van der Waals surface area contributed by atoms with E-state index in [0.29, 0.717) is 18.0 Å². The SMILES string of the molecule is COc1ccc([C@@]2(O)CN(c3ccccc3)C3=[N+]2CCCC3)cc1OC. The number of anilines is 1. The highest BCUT2D eigenvalue weighted by molar-refractivity contribution is 5.96. The number of methoxy groups -OCH3 is 2. The van der Waals surface area contributed by atoms with Crippen LogP contribution in [0.15, 0.2) is 48.5 Å². The molecule has 0 amide bonds.